The number of hydrogen-bond donors (Lipinski definition) is 0. The smallest absolute Gasteiger partial charge is 0.340 e. The molecule has 9 heteroatoms. The minimum absolute atomic E-state index is 0.170. The molecular formula is C14H13F3N4OS. The molecule has 5 nitrogen and oxygen atoms in total. The Morgan fingerprint density at radius 2 is 2.17 bits per heavy atom. The van der Waals surface area contributed by atoms with Crippen LogP contribution < -0.4 is 0 Å². The van der Waals surface area contributed by atoms with E-state index in [0.29, 0.717) is 16.3 Å². The summed E-state index contributed by atoms with van der Waals surface area (Å²) in [5.74, 6) is -0.275. The highest BCUT2D eigenvalue weighted by Gasteiger charge is 2.35. The number of nitrogens with zero attached hydrogens (tertiary/aromatic N) is 4. The van der Waals surface area contributed by atoms with Crippen LogP contribution in [0.5, 0.6) is 0 Å². The third-order valence-corrected chi connectivity index (χ3v) is 4.24. The van der Waals surface area contributed by atoms with Crippen molar-refractivity contribution in [1.29, 1.82) is 5.26 Å². The third kappa shape index (κ3) is 3.71. The number of nitriles is 1. The summed E-state index contributed by atoms with van der Waals surface area (Å²) >= 11 is 1.07. The lowest BCUT2D eigenvalue weighted by atomic mass is 10.3. The lowest BCUT2D eigenvalue weighted by Crippen LogP contribution is -2.26. The van der Waals surface area contributed by atoms with Crippen molar-refractivity contribution in [3.8, 4) is 16.6 Å². The van der Waals surface area contributed by atoms with Gasteiger partial charge in [0, 0.05) is 20.6 Å². The van der Waals surface area contributed by atoms with E-state index < -0.39 is 11.9 Å². The maximum Gasteiger partial charge on any atom is 0.433 e. The molecule has 0 aliphatic rings. The van der Waals surface area contributed by atoms with E-state index >= 15 is 0 Å². The fourth-order valence-corrected chi connectivity index (χ4v) is 2.91. The first-order valence-corrected chi connectivity index (χ1v) is 7.39. The van der Waals surface area contributed by atoms with E-state index in [1.807, 2.05) is 6.07 Å². The van der Waals surface area contributed by atoms with E-state index in [1.54, 1.807) is 19.2 Å². The van der Waals surface area contributed by atoms with E-state index in [0.717, 1.165) is 22.1 Å². The summed E-state index contributed by atoms with van der Waals surface area (Å²) in [4.78, 5) is 14.4. The number of carbonyl (C=O) groups is 1. The fourth-order valence-electron chi connectivity index (χ4n) is 1.95. The first-order chi connectivity index (χ1) is 10.7. The van der Waals surface area contributed by atoms with E-state index in [9.17, 15) is 18.0 Å². The average Bonchev–Trinajstić information content (AvgIpc) is 3.09. The molecule has 0 atom stereocenters. The number of aromatic nitrogens is 2. The molecule has 1 amide bonds. The summed E-state index contributed by atoms with van der Waals surface area (Å²) in [5, 5.41) is 12.4. The van der Waals surface area contributed by atoms with Gasteiger partial charge in [0.2, 0.25) is 0 Å². The number of amides is 1. The predicted molar refractivity (Wildman–Crippen MR) is 78.7 cm³/mol. The van der Waals surface area contributed by atoms with Crippen LogP contribution in [0.3, 0.4) is 0 Å². The Kier molecular flexibility index (Phi) is 4.75. The second-order valence-corrected chi connectivity index (χ2v) is 5.92. The van der Waals surface area contributed by atoms with Crippen LogP contribution in [0.1, 0.15) is 21.8 Å². The standard InChI is InChI=1S/C14H13F3N4OS/c1-20(7-3-6-18)13(22)11-5-4-10(23-11)9-8-12(14(15,16)17)21(2)19-9/h4-5,8H,3,7H2,1-2H3. The Labute approximate surface area is 134 Å². The molecule has 0 unspecified atom stereocenters. The molecule has 0 aliphatic carbocycles. The van der Waals surface area contributed by atoms with Gasteiger partial charge in [0.25, 0.3) is 5.91 Å². The van der Waals surface area contributed by atoms with Gasteiger partial charge in [-0.25, -0.2) is 0 Å². The van der Waals surface area contributed by atoms with Crippen molar-refractivity contribution in [3.63, 3.8) is 0 Å². The lowest BCUT2D eigenvalue weighted by molar-refractivity contribution is -0.143. The largest absolute Gasteiger partial charge is 0.433 e. The zero-order chi connectivity index (χ0) is 17.2. The van der Waals surface area contributed by atoms with Crippen molar-refractivity contribution in [2.45, 2.75) is 12.6 Å². The van der Waals surface area contributed by atoms with Crippen molar-refractivity contribution in [2.24, 2.45) is 7.05 Å². The van der Waals surface area contributed by atoms with Crippen LogP contribution in [-0.4, -0.2) is 34.2 Å². The fraction of sp³-hybridized carbons (Fsp3) is 0.357. The van der Waals surface area contributed by atoms with Gasteiger partial charge in [0.1, 0.15) is 11.4 Å². The van der Waals surface area contributed by atoms with Gasteiger partial charge >= 0.3 is 6.18 Å². The first-order valence-electron chi connectivity index (χ1n) is 6.58. The normalized spacial score (nSPS) is 11.3. The monoisotopic (exact) mass is 342 g/mol. The Hall–Kier alpha value is -2.34. The molecule has 0 aromatic carbocycles. The molecule has 0 spiro atoms. The Morgan fingerprint density at radius 1 is 1.48 bits per heavy atom. The highest BCUT2D eigenvalue weighted by molar-refractivity contribution is 7.17. The van der Waals surface area contributed by atoms with Gasteiger partial charge in [-0.05, 0) is 18.2 Å². The number of aryl methyl sites for hydroxylation is 1. The molecule has 0 saturated carbocycles. The maximum absolute atomic E-state index is 12.8. The van der Waals surface area contributed by atoms with Crippen LogP contribution in [0.4, 0.5) is 13.2 Å². The summed E-state index contributed by atoms with van der Waals surface area (Å²) in [6.45, 7) is 0.296. The molecular weight excluding hydrogens is 329 g/mol. The highest BCUT2D eigenvalue weighted by atomic mass is 32.1. The van der Waals surface area contributed by atoms with Crippen molar-refractivity contribution < 1.29 is 18.0 Å². The second-order valence-electron chi connectivity index (χ2n) is 4.83. The van der Waals surface area contributed by atoms with Gasteiger partial charge in [-0.3, -0.25) is 9.48 Å². The Morgan fingerprint density at radius 3 is 2.74 bits per heavy atom. The van der Waals surface area contributed by atoms with E-state index in [2.05, 4.69) is 5.10 Å². The quantitative estimate of drug-likeness (QED) is 0.857. The maximum atomic E-state index is 12.8. The Bertz CT molecular complexity index is 757. The van der Waals surface area contributed by atoms with Gasteiger partial charge in [-0.2, -0.15) is 23.5 Å². The first kappa shape index (κ1) is 17.0. The van der Waals surface area contributed by atoms with Crippen LogP contribution in [0.25, 0.3) is 10.6 Å². The van der Waals surface area contributed by atoms with E-state index in [-0.39, 0.29) is 18.0 Å². The molecule has 2 aromatic rings. The summed E-state index contributed by atoms with van der Waals surface area (Å²) < 4.78 is 39.1. The van der Waals surface area contributed by atoms with Gasteiger partial charge in [-0.1, -0.05) is 0 Å². The van der Waals surface area contributed by atoms with Crippen LogP contribution in [-0.2, 0) is 13.2 Å². The number of carbonyl (C=O) groups excluding carboxylic acids is 1. The third-order valence-electron chi connectivity index (χ3n) is 3.15. The van der Waals surface area contributed by atoms with Crippen molar-refractivity contribution >= 4 is 17.2 Å². The summed E-state index contributed by atoms with van der Waals surface area (Å²) in [5.41, 5.74) is -0.677. The van der Waals surface area contributed by atoms with Crippen molar-refractivity contribution in [3.05, 3.63) is 28.8 Å². The van der Waals surface area contributed by atoms with Crippen LogP contribution in [0, 0.1) is 11.3 Å². The van der Waals surface area contributed by atoms with Crippen LogP contribution >= 0.6 is 11.3 Å². The molecule has 0 saturated heterocycles. The molecule has 2 rings (SSSR count). The topological polar surface area (TPSA) is 61.9 Å². The molecule has 23 heavy (non-hydrogen) atoms. The zero-order valence-corrected chi connectivity index (χ0v) is 13.2. The number of thiophene rings is 1. The lowest BCUT2D eigenvalue weighted by Gasteiger charge is -2.13. The van der Waals surface area contributed by atoms with Crippen LogP contribution in [0.15, 0.2) is 18.2 Å². The number of rotatable bonds is 4. The van der Waals surface area contributed by atoms with Crippen LogP contribution in [0.2, 0.25) is 0 Å². The predicted octanol–water partition coefficient (Wildman–Crippen LogP) is 3.15. The minimum Gasteiger partial charge on any atom is -0.340 e. The van der Waals surface area contributed by atoms with E-state index in [1.165, 1.54) is 11.9 Å². The molecule has 0 aliphatic heterocycles. The molecule has 0 radical (unpaired) electrons. The molecule has 0 bridgehead atoms. The molecule has 2 heterocycles. The average molecular weight is 342 g/mol. The molecule has 122 valence electrons. The second kappa shape index (κ2) is 6.42. The van der Waals surface area contributed by atoms with Crippen molar-refractivity contribution in [1.82, 2.24) is 14.7 Å². The minimum atomic E-state index is -4.48. The van der Waals surface area contributed by atoms with E-state index in [4.69, 9.17) is 5.26 Å². The Balaban J connectivity index is 2.23. The molecule has 0 fully saturated rings. The highest BCUT2D eigenvalue weighted by Crippen LogP contribution is 2.34. The SMILES string of the molecule is CN(CCC#N)C(=O)c1ccc(-c2cc(C(F)(F)F)n(C)n2)s1. The summed E-state index contributed by atoms with van der Waals surface area (Å²) in [7, 11) is 2.79. The zero-order valence-electron chi connectivity index (χ0n) is 12.4. The number of alkyl halides is 3. The van der Waals surface area contributed by atoms with Crippen molar-refractivity contribution in [2.75, 3.05) is 13.6 Å². The van der Waals surface area contributed by atoms with Gasteiger partial charge in [0.15, 0.2) is 0 Å². The molecule has 0 N–H and O–H groups in total. The number of hydrogen-bond acceptors (Lipinski definition) is 4. The summed E-state index contributed by atoms with van der Waals surface area (Å²) in [6.07, 6.45) is -4.26. The number of halogens is 3. The van der Waals surface area contributed by atoms with Gasteiger partial charge in [-0.15, -0.1) is 11.3 Å². The van der Waals surface area contributed by atoms with Gasteiger partial charge < -0.3 is 4.90 Å². The summed E-state index contributed by atoms with van der Waals surface area (Å²) in [6, 6.07) is 6.02. The van der Waals surface area contributed by atoms with Gasteiger partial charge in [0.05, 0.1) is 22.2 Å². The molecule has 2 aromatic heterocycles.